The second kappa shape index (κ2) is 10.1. The lowest BCUT2D eigenvalue weighted by molar-refractivity contribution is 0.106. The van der Waals surface area contributed by atoms with Crippen molar-refractivity contribution in [2.75, 3.05) is 0 Å². The quantitative estimate of drug-likeness (QED) is 0.223. The van der Waals surface area contributed by atoms with Crippen LogP contribution in [0.25, 0.3) is 56.4 Å². The Bertz CT molecular complexity index is 1990. The smallest absolute Gasteiger partial charge is 0.164 e. The molecule has 5 nitrogen and oxygen atoms in total. The van der Waals surface area contributed by atoms with Crippen molar-refractivity contribution in [2.24, 2.45) is 0 Å². The highest BCUT2D eigenvalue weighted by Crippen LogP contribution is 2.46. The van der Waals surface area contributed by atoms with E-state index in [0.717, 1.165) is 39.1 Å². The minimum atomic E-state index is -0.465. The fourth-order valence-corrected chi connectivity index (χ4v) is 5.47. The molecule has 42 heavy (non-hydrogen) atoms. The molecule has 0 radical (unpaired) electrons. The summed E-state index contributed by atoms with van der Waals surface area (Å²) in [6.45, 7) is 4.19. The monoisotopic (exact) mass is 542 g/mol. The molecule has 0 unspecified atom stereocenters. The van der Waals surface area contributed by atoms with E-state index in [1.807, 2.05) is 78.9 Å². The zero-order chi connectivity index (χ0) is 28.7. The van der Waals surface area contributed by atoms with Gasteiger partial charge in [0.1, 0.15) is 11.4 Å². The fourth-order valence-electron chi connectivity index (χ4n) is 5.47. The van der Waals surface area contributed by atoms with Crippen LogP contribution in [0, 0.1) is 11.3 Å². The molecule has 1 aliphatic heterocycles. The molecule has 7 rings (SSSR count). The highest BCUT2D eigenvalue weighted by Gasteiger charge is 2.32. The van der Waals surface area contributed by atoms with Gasteiger partial charge in [-0.05, 0) is 60.9 Å². The van der Waals surface area contributed by atoms with Crippen molar-refractivity contribution in [3.63, 3.8) is 0 Å². The molecule has 1 aliphatic rings. The molecule has 0 atom stereocenters. The molecule has 5 heteroatoms. The van der Waals surface area contributed by atoms with E-state index in [2.05, 4.69) is 62.4 Å². The number of fused-ring (bicyclic) bond motifs is 3. The average Bonchev–Trinajstić information content (AvgIpc) is 3.05. The molecule has 0 spiro atoms. The van der Waals surface area contributed by atoms with Crippen molar-refractivity contribution in [3.05, 3.63) is 132 Å². The number of nitriles is 1. The predicted octanol–water partition coefficient (Wildman–Crippen LogP) is 8.71. The third-order valence-corrected chi connectivity index (χ3v) is 7.61. The molecule has 0 saturated carbocycles. The van der Waals surface area contributed by atoms with E-state index in [4.69, 9.17) is 19.7 Å². The first-order valence-corrected chi connectivity index (χ1v) is 13.8. The number of ether oxygens (including phenoxy) is 1. The van der Waals surface area contributed by atoms with Crippen LogP contribution in [-0.2, 0) is 5.60 Å². The fraction of sp³-hybridized carbons (Fsp3) is 0.0811. The Labute approximate surface area is 244 Å². The van der Waals surface area contributed by atoms with Gasteiger partial charge in [0.15, 0.2) is 17.5 Å². The Kier molecular flexibility index (Phi) is 6.10. The van der Waals surface area contributed by atoms with Gasteiger partial charge in [-0.25, -0.2) is 15.0 Å². The van der Waals surface area contributed by atoms with E-state index in [9.17, 15) is 5.26 Å². The first-order chi connectivity index (χ1) is 20.5. The minimum absolute atomic E-state index is 0.465. The standard InChI is InChI=1S/C37H26N4O/c1-37(2)32-14-7-6-13-30(32)31-20-19-29(22-33(31)42-37)36-40-34(26-9-4-3-5-10-26)39-35(41-36)28-12-8-11-27(21-28)25-17-15-24(23-38)16-18-25/h3-22H,1-2H3. The minimum Gasteiger partial charge on any atom is -0.482 e. The third-order valence-electron chi connectivity index (χ3n) is 7.61. The SMILES string of the molecule is CC1(C)Oc2cc(-c3nc(-c4ccccc4)nc(-c4cccc(-c5ccc(C#N)cc5)c4)n3)ccc2-c2ccccc21. The maximum atomic E-state index is 9.19. The Hall–Kier alpha value is -5.60. The van der Waals surface area contributed by atoms with Crippen LogP contribution in [0.1, 0.15) is 25.0 Å². The maximum absolute atomic E-state index is 9.19. The predicted molar refractivity (Wildman–Crippen MR) is 165 cm³/mol. The molecule has 0 amide bonds. The van der Waals surface area contributed by atoms with Crippen LogP contribution in [0.15, 0.2) is 121 Å². The normalized spacial score (nSPS) is 12.9. The molecule has 1 aromatic heterocycles. The summed E-state index contributed by atoms with van der Waals surface area (Å²) >= 11 is 0. The molecule has 0 N–H and O–H groups in total. The first kappa shape index (κ1) is 25.4. The number of aromatic nitrogens is 3. The van der Waals surface area contributed by atoms with Crippen LogP contribution >= 0.6 is 0 Å². The number of nitrogens with zero attached hydrogens (tertiary/aromatic N) is 4. The highest BCUT2D eigenvalue weighted by atomic mass is 16.5. The van der Waals surface area contributed by atoms with E-state index >= 15 is 0 Å². The van der Waals surface area contributed by atoms with Crippen molar-refractivity contribution in [1.82, 2.24) is 15.0 Å². The molecule has 0 bridgehead atoms. The van der Waals surface area contributed by atoms with E-state index in [1.165, 1.54) is 11.1 Å². The van der Waals surface area contributed by atoms with Crippen molar-refractivity contribution in [1.29, 1.82) is 5.26 Å². The lowest BCUT2D eigenvalue weighted by Gasteiger charge is -2.35. The largest absolute Gasteiger partial charge is 0.482 e. The van der Waals surface area contributed by atoms with Crippen molar-refractivity contribution in [3.8, 4) is 68.2 Å². The zero-order valence-electron chi connectivity index (χ0n) is 23.2. The summed E-state index contributed by atoms with van der Waals surface area (Å²) in [4.78, 5) is 14.8. The maximum Gasteiger partial charge on any atom is 0.164 e. The van der Waals surface area contributed by atoms with Gasteiger partial charge in [0.2, 0.25) is 0 Å². The topological polar surface area (TPSA) is 71.7 Å². The second-order valence-corrected chi connectivity index (χ2v) is 10.8. The van der Waals surface area contributed by atoms with Crippen LogP contribution in [0.5, 0.6) is 5.75 Å². The van der Waals surface area contributed by atoms with E-state index in [-0.39, 0.29) is 0 Å². The lowest BCUT2D eigenvalue weighted by atomic mass is 9.86. The van der Waals surface area contributed by atoms with Crippen LogP contribution < -0.4 is 4.74 Å². The van der Waals surface area contributed by atoms with Crippen LogP contribution in [-0.4, -0.2) is 15.0 Å². The summed E-state index contributed by atoms with van der Waals surface area (Å²) < 4.78 is 6.53. The molecule has 0 aliphatic carbocycles. The number of rotatable bonds is 4. The molecule has 0 fully saturated rings. The van der Waals surface area contributed by atoms with Crippen molar-refractivity contribution < 1.29 is 4.74 Å². The number of hydrogen-bond acceptors (Lipinski definition) is 5. The Morgan fingerprint density at radius 1 is 0.548 bits per heavy atom. The molecular formula is C37H26N4O. The van der Waals surface area contributed by atoms with Gasteiger partial charge in [0.25, 0.3) is 0 Å². The number of hydrogen-bond donors (Lipinski definition) is 0. The van der Waals surface area contributed by atoms with Crippen LogP contribution in [0.2, 0.25) is 0 Å². The van der Waals surface area contributed by atoms with Crippen molar-refractivity contribution >= 4 is 0 Å². The summed E-state index contributed by atoms with van der Waals surface area (Å²) in [7, 11) is 0. The highest BCUT2D eigenvalue weighted by molar-refractivity contribution is 5.80. The Morgan fingerprint density at radius 2 is 1.14 bits per heavy atom. The molecule has 5 aromatic carbocycles. The molecule has 6 aromatic rings. The van der Waals surface area contributed by atoms with Gasteiger partial charge in [-0.15, -0.1) is 0 Å². The molecular weight excluding hydrogens is 516 g/mol. The van der Waals surface area contributed by atoms with Crippen molar-refractivity contribution in [2.45, 2.75) is 19.4 Å². The molecule has 2 heterocycles. The van der Waals surface area contributed by atoms with Gasteiger partial charge in [0.05, 0.1) is 11.6 Å². The van der Waals surface area contributed by atoms with Gasteiger partial charge < -0.3 is 4.74 Å². The zero-order valence-corrected chi connectivity index (χ0v) is 23.2. The van der Waals surface area contributed by atoms with Gasteiger partial charge in [0, 0.05) is 27.8 Å². The van der Waals surface area contributed by atoms with Crippen LogP contribution in [0.4, 0.5) is 0 Å². The average molecular weight is 543 g/mol. The van der Waals surface area contributed by atoms with Gasteiger partial charge in [-0.2, -0.15) is 5.26 Å². The van der Waals surface area contributed by atoms with Gasteiger partial charge >= 0.3 is 0 Å². The van der Waals surface area contributed by atoms with E-state index < -0.39 is 5.60 Å². The third kappa shape index (κ3) is 4.59. The number of benzene rings is 5. The molecule has 200 valence electrons. The van der Waals surface area contributed by atoms with Gasteiger partial charge in [-0.3, -0.25) is 0 Å². The molecule has 0 saturated heterocycles. The lowest BCUT2D eigenvalue weighted by Crippen LogP contribution is -2.29. The summed E-state index contributed by atoms with van der Waals surface area (Å²) in [6, 6.07) is 42.4. The first-order valence-electron chi connectivity index (χ1n) is 13.8. The van der Waals surface area contributed by atoms with E-state index in [0.29, 0.717) is 23.0 Å². The Morgan fingerprint density at radius 3 is 1.88 bits per heavy atom. The Balaban J connectivity index is 1.36. The summed E-state index contributed by atoms with van der Waals surface area (Å²) in [5.74, 6) is 2.57. The van der Waals surface area contributed by atoms with E-state index in [1.54, 1.807) is 0 Å². The van der Waals surface area contributed by atoms with Gasteiger partial charge in [-0.1, -0.05) is 91.0 Å². The second-order valence-electron chi connectivity index (χ2n) is 10.8. The van der Waals surface area contributed by atoms with Crippen LogP contribution in [0.3, 0.4) is 0 Å². The summed E-state index contributed by atoms with van der Waals surface area (Å²) in [5, 5.41) is 9.19. The summed E-state index contributed by atoms with van der Waals surface area (Å²) in [5.41, 5.74) is 8.24. The summed E-state index contributed by atoms with van der Waals surface area (Å²) in [6.07, 6.45) is 0.